The minimum Gasteiger partial charge on any atom is -0.481 e. The van der Waals surface area contributed by atoms with Crippen LogP contribution in [0, 0.1) is 23.7 Å². The number of carboxylic acid groups (broad SMARTS) is 1. The number of amides is 2. The number of aliphatic carboxylic acids is 1. The first-order chi connectivity index (χ1) is 8.93. The monoisotopic (exact) mass is 393 g/mol. The molecule has 6 atom stereocenters. The van der Waals surface area contributed by atoms with Gasteiger partial charge in [-0.1, -0.05) is 31.9 Å². The Kier molecular flexibility index (Phi) is 3.24. The molecule has 0 aromatic heterocycles. The van der Waals surface area contributed by atoms with Crippen LogP contribution in [-0.2, 0) is 14.4 Å². The Labute approximate surface area is 127 Å². The molecule has 2 amide bonds. The van der Waals surface area contributed by atoms with Gasteiger partial charge in [-0.15, -0.1) is 0 Å². The molecule has 1 aliphatic heterocycles. The van der Waals surface area contributed by atoms with E-state index in [4.69, 9.17) is 5.11 Å². The Bertz CT molecular complexity index is 437. The maximum absolute atomic E-state index is 12.3. The van der Waals surface area contributed by atoms with Crippen LogP contribution in [0.5, 0.6) is 0 Å². The first kappa shape index (κ1) is 13.5. The van der Waals surface area contributed by atoms with Gasteiger partial charge in [0.05, 0.1) is 18.3 Å². The van der Waals surface area contributed by atoms with E-state index in [1.807, 2.05) is 0 Å². The van der Waals surface area contributed by atoms with Crippen molar-refractivity contribution in [3.63, 3.8) is 0 Å². The second-order valence-electron chi connectivity index (χ2n) is 5.48. The van der Waals surface area contributed by atoms with Gasteiger partial charge >= 0.3 is 5.97 Å². The predicted octanol–water partition coefficient (Wildman–Crippen LogP) is 1.24. The van der Waals surface area contributed by atoms with E-state index in [0.717, 1.165) is 11.3 Å². The van der Waals surface area contributed by atoms with Crippen LogP contribution in [-0.4, -0.2) is 44.0 Å². The number of carbonyl (C=O) groups is 3. The molecule has 0 spiro atoms. The molecule has 5 nitrogen and oxygen atoms in total. The van der Waals surface area contributed by atoms with E-state index in [0.29, 0.717) is 0 Å². The van der Waals surface area contributed by atoms with Crippen LogP contribution in [0.15, 0.2) is 0 Å². The number of hydrogen-bond acceptors (Lipinski definition) is 3. The highest BCUT2D eigenvalue weighted by Gasteiger charge is 2.66. The summed E-state index contributed by atoms with van der Waals surface area (Å²) in [5.41, 5.74) is 0. The van der Waals surface area contributed by atoms with E-state index in [1.165, 1.54) is 0 Å². The van der Waals surface area contributed by atoms with Gasteiger partial charge in [-0.25, -0.2) is 0 Å². The molecule has 0 aromatic rings. The standard InChI is InChI=1S/C12H13Br2NO4/c13-9-4-3-5(10(9)14)8-7(4)11(18)15(12(8)19)2-1-6(16)17/h4-5,7-10H,1-3H2,(H,16,17)/t4-,5-,7-,8+,9-,10-/m1/s1. The van der Waals surface area contributed by atoms with E-state index in [9.17, 15) is 14.4 Å². The quantitative estimate of drug-likeness (QED) is 0.577. The third kappa shape index (κ3) is 1.81. The number of imide groups is 1. The summed E-state index contributed by atoms with van der Waals surface area (Å²) >= 11 is 7.21. The second-order valence-corrected chi connectivity index (χ2v) is 7.59. The third-order valence-electron chi connectivity index (χ3n) is 4.63. The molecule has 7 heteroatoms. The predicted molar refractivity (Wildman–Crippen MR) is 73.0 cm³/mol. The lowest BCUT2D eigenvalue weighted by molar-refractivity contribution is -0.142. The van der Waals surface area contributed by atoms with Crippen LogP contribution in [0.1, 0.15) is 12.8 Å². The summed E-state index contributed by atoms with van der Waals surface area (Å²) in [5, 5.41) is 8.69. The number of alkyl halides is 2. The van der Waals surface area contributed by atoms with Crippen molar-refractivity contribution in [2.24, 2.45) is 23.7 Å². The summed E-state index contributed by atoms with van der Waals surface area (Å²) in [5.74, 6) is -1.46. The molecule has 3 aliphatic rings. The zero-order chi connectivity index (χ0) is 13.9. The summed E-state index contributed by atoms with van der Waals surface area (Å²) < 4.78 is 0. The lowest BCUT2D eigenvalue weighted by atomic mass is 9.81. The SMILES string of the molecule is O=C(O)CCN1C(=O)[C@@H]2[C@H]3C[C@@H]([C@@H](Br)[C@@H]3Br)[C@@H]2C1=O. The maximum atomic E-state index is 12.3. The number of fused-ring (bicyclic) bond motifs is 5. The van der Waals surface area contributed by atoms with Gasteiger partial charge in [-0.05, 0) is 18.3 Å². The van der Waals surface area contributed by atoms with Crippen molar-refractivity contribution in [3.8, 4) is 0 Å². The zero-order valence-corrected chi connectivity index (χ0v) is 13.1. The Hall–Kier alpha value is -0.430. The van der Waals surface area contributed by atoms with Crippen LogP contribution in [0.25, 0.3) is 0 Å². The molecule has 104 valence electrons. The molecular weight excluding hydrogens is 382 g/mol. The van der Waals surface area contributed by atoms with E-state index >= 15 is 0 Å². The molecule has 2 bridgehead atoms. The molecule has 3 fully saturated rings. The molecule has 0 unspecified atom stereocenters. The van der Waals surface area contributed by atoms with Crippen LogP contribution in [0.3, 0.4) is 0 Å². The molecule has 3 rings (SSSR count). The highest BCUT2D eigenvalue weighted by molar-refractivity contribution is 9.12. The summed E-state index contributed by atoms with van der Waals surface area (Å²) in [6.45, 7) is -0.000650. The lowest BCUT2D eigenvalue weighted by Gasteiger charge is -2.28. The van der Waals surface area contributed by atoms with Gasteiger partial charge in [0.2, 0.25) is 11.8 Å². The topological polar surface area (TPSA) is 74.7 Å². The molecule has 1 saturated heterocycles. The molecule has 0 radical (unpaired) electrons. The number of hydrogen-bond donors (Lipinski definition) is 1. The first-order valence-electron chi connectivity index (χ1n) is 6.28. The van der Waals surface area contributed by atoms with Crippen molar-refractivity contribution in [2.45, 2.75) is 22.5 Å². The Balaban J connectivity index is 1.83. The fourth-order valence-corrected chi connectivity index (χ4v) is 5.71. The van der Waals surface area contributed by atoms with Crippen LogP contribution < -0.4 is 0 Å². The van der Waals surface area contributed by atoms with Crippen molar-refractivity contribution < 1.29 is 19.5 Å². The van der Waals surface area contributed by atoms with E-state index in [-0.39, 0.29) is 58.1 Å². The average molecular weight is 395 g/mol. The van der Waals surface area contributed by atoms with Crippen molar-refractivity contribution in [1.29, 1.82) is 0 Å². The van der Waals surface area contributed by atoms with E-state index < -0.39 is 5.97 Å². The van der Waals surface area contributed by atoms with E-state index in [2.05, 4.69) is 31.9 Å². The van der Waals surface area contributed by atoms with Crippen molar-refractivity contribution in [1.82, 2.24) is 4.90 Å². The van der Waals surface area contributed by atoms with Gasteiger partial charge in [0.25, 0.3) is 0 Å². The van der Waals surface area contributed by atoms with Crippen LogP contribution in [0.2, 0.25) is 0 Å². The lowest BCUT2D eigenvalue weighted by Crippen LogP contribution is -2.37. The van der Waals surface area contributed by atoms with Crippen molar-refractivity contribution in [3.05, 3.63) is 0 Å². The summed E-state index contributed by atoms with van der Waals surface area (Å²) in [4.78, 5) is 36.8. The average Bonchev–Trinajstić information content (AvgIpc) is 2.93. The number of rotatable bonds is 3. The van der Waals surface area contributed by atoms with Gasteiger partial charge in [0.15, 0.2) is 0 Å². The smallest absolute Gasteiger partial charge is 0.305 e. The molecule has 1 N–H and O–H groups in total. The van der Waals surface area contributed by atoms with Crippen molar-refractivity contribution in [2.75, 3.05) is 6.54 Å². The number of carbonyl (C=O) groups excluding carboxylic acids is 2. The number of likely N-dealkylation sites (tertiary alicyclic amines) is 1. The van der Waals surface area contributed by atoms with Crippen molar-refractivity contribution >= 4 is 49.6 Å². The molecule has 2 aliphatic carbocycles. The minimum atomic E-state index is -0.989. The highest BCUT2D eigenvalue weighted by atomic mass is 79.9. The fraction of sp³-hybridized carbons (Fsp3) is 0.750. The van der Waals surface area contributed by atoms with E-state index in [1.54, 1.807) is 0 Å². The second kappa shape index (κ2) is 4.55. The molecule has 0 aromatic carbocycles. The van der Waals surface area contributed by atoms with Gasteiger partial charge < -0.3 is 5.11 Å². The largest absolute Gasteiger partial charge is 0.481 e. The number of halogens is 2. The Morgan fingerprint density at radius 1 is 1.16 bits per heavy atom. The summed E-state index contributed by atoms with van der Waals surface area (Å²) in [7, 11) is 0. The summed E-state index contributed by atoms with van der Waals surface area (Å²) in [6, 6.07) is 0. The van der Waals surface area contributed by atoms with Gasteiger partial charge in [0, 0.05) is 16.2 Å². The minimum absolute atomic E-state index is 0.000650. The zero-order valence-electron chi connectivity index (χ0n) is 9.96. The first-order valence-corrected chi connectivity index (χ1v) is 8.11. The normalized spacial score (nSPS) is 44.0. The van der Waals surface area contributed by atoms with Gasteiger partial charge in [-0.3, -0.25) is 19.3 Å². The molecule has 2 saturated carbocycles. The molecule has 1 heterocycles. The Morgan fingerprint density at radius 2 is 1.63 bits per heavy atom. The molecular formula is C12H13Br2NO4. The van der Waals surface area contributed by atoms with Gasteiger partial charge in [-0.2, -0.15) is 0 Å². The van der Waals surface area contributed by atoms with Crippen LogP contribution >= 0.6 is 31.9 Å². The fourth-order valence-electron chi connectivity index (χ4n) is 3.84. The highest BCUT2D eigenvalue weighted by Crippen LogP contribution is 2.60. The number of carboxylic acids is 1. The Morgan fingerprint density at radius 3 is 2.05 bits per heavy atom. The maximum Gasteiger partial charge on any atom is 0.305 e. The summed E-state index contributed by atoms with van der Waals surface area (Å²) in [6.07, 6.45) is 0.715. The van der Waals surface area contributed by atoms with Gasteiger partial charge in [0.1, 0.15) is 0 Å². The molecule has 19 heavy (non-hydrogen) atoms. The van der Waals surface area contributed by atoms with Crippen LogP contribution in [0.4, 0.5) is 0 Å². The number of nitrogens with zero attached hydrogens (tertiary/aromatic N) is 1. The third-order valence-corrected chi connectivity index (χ3v) is 7.83.